The molecule has 170 valence electrons. The standard InChI is InChI=1S/C27H26N6O/c1-4-23-31-21-14-9-15-29-25(21)26(32-23)30-17(2)22-16-18-10-8-13-20(28-3)24(18)27(34)33(22)19-11-6-5-7-12-19/h5-17,28H,4H2,1-3H3,(H,30,31,32)/t17-/m0/s1. The van der Waals surface area contributed by atoms with E-state index in [9.17, 15) is 4.79 Å². The molecule has 2 aromatic carbocycles. The van der Waals surface area contributed by atoms with Crippen molar-refractivity contribution in [1.82, 2.24) is 19.5 Å². The van der Waals surface area contributed by atoms with E-state index in [1.807, 2.05) is 81.6 Å². The molecule has 7 nitrogen and oxygen atoms in total. The van der Waals surface area contributed by atoms with Gasteiger partial charge in [-0.2, -0.15) is 0 Å². The summed E-state index contributed by atoms with van der Waals surface area (Å²) in [6.45, 7) is 4.06. The van der Waals surface area contributed by atoms with E-state index in [0.717, 1.165) is 33.8 Å². The fourth-order valence-electron chi connectivity index (χ4n) is 4.31. The number of nitrogens with zero attached hydrogens (tertiary/aromatic N) is 4. The number of nitrogens with one attached hydrogen (secondary N) is 2. The number of para-hydroxylation sites is 1. The molecule has 0 fully saturated rings. The first kappa shape index (κ1) is 21.6. The van der Waals surface area contributed by atoms with Crippen LogP contribution in [0.15, 0.2) is 77.7 Å². The van der Waals surface area contributed by atoms with Gasteiger partial charge in [-0.3, -0.25) is 14.3 Å². The molecule has 0 aliphatic rings. The first-order chi connectivity index (χ1) is 16.6. The largest absolute Gasteiger partial charge is 0.387 e. The Bertz CT molecular complexity index is 1540. The zero-order chi connectivity index (χ0) is 23.7. The Morgan fingerprint density at radius 1 is 1.00 bits per heavy atom. The minimum Gasteiger partial charge on any atom is -0.387 e. The first-order valence-electron chi connectivity index (χ1n) is 11.4. The summed E-state index contributed by atoms with van der Waals surface area (Å²) in [5, 5.41) is 8.22. The number of aromatic nitrogens is 4. The molecule has 3 aromatic heterocycles. The summed E-state index contributed by atoms with van der Waals surface area (Å²) in [7, 11) is 1.83. The van der Waals surface area contributed by atoms with Crippen molar-refractivity contribution in [3.05, 3.63) is 94.8 Å². The lowest BCUT2D eigenvalue weighted by molar-refractivity contribution is 0.771. The lowest BCUT2D eigenvalue weighted by atomic mass is 10.1. The Labute approximate surface area is 197 Å². The predicted molar refractivity (Wildman–Crippen MR) is 138 cm³/mol. The third-order valence-electron chi connectivity index (χ3n) is 5.97. The third-order valence-corrected chi connectivity index (χ3v) is 5.97. The maximum atomic E-state index is 13.9. The van der Waals surface area contributed by atoms with Crippen LogP contribution in [0.1, 0.15) is 31.4 Å². The number of hydrogen-bond acceptors (Lipinski definition) is 6. The molecular formula is C27H26N6O. The van der Waals surface area contributed by atoms with E-state index < -0.39 is 0 Å². The van der Waals surface area contributed by atoms with Crippen LogP contribution in [0.5, 0.6) is 0 Å². The van der Waals surface area contributed by atoms with E-state index in [1.54, 1.807) is 10.8 Å². The molecule has 34 heavy (non-hydrogen) atoms. The van der Waals surface area contributed by atoms with Crippen molar-refractivity contribution in [3.8, 4) is 5.69 Å². The van der Waals surface area contributed by atoms with Gasteiger partial charge in [0.25, 0.3) is 5.56 Å². The van der Waals surface area contributed by atoms with E-state index >= 15 is 0 Å². The van der Waals surface area contributed by atoms with Crippen molar-refractivity contribution >= 4 is 33.3 Å². The van der Waals surface area contributed by atoms with Crippen molar-refractivity contribution in [3.63, 3.8) is 0 Å². The average Bonchev–Trinajstić information content (AvgIpc) is 2.88. The van der Waals surface area contributed by atoms with Gasteiger partial charge in [-0.1, -0.05) is 37.3 Å². The van der Waals surface area contributed by atoms with Gasteiger partial charge in [0.05, 0.1) is 16.9 Å². The second kappa shape index (κ2) is 8.94. The van der Waals surface area contributed by atoms with E-state index in [2.05, 4.69) is 26.7 Å². The van der Waals surface area contributed by atoms with Gasteiger partial charge in [0, 0.05) is 36.7 Å². The summed E-state index contributed by atoms with van der Waals surface area (Å²) in [5.74, 6) is 1.40. The number of rotatable bonds is 6. The van der Waals surface area contributed by atoms with Crippen molar-refractivity contribution in [1.29, 1.82) is 0 Å². The summed E-state index contributed by atoms with van der Waals surface area (Å²) in [4.78, 5) is 27.7. The topological polar surface area (TPSA) is 84.7 Å². The van der Waals surface area contributed by atoms with Crippen LogP contribution in [0.25, 0.3) is 27.5 Å². The molecule has 0 amide bonds. The van der Waals surface area contributed by atoms with Crippen LogP contribution in [-0.2, 0) is 6.42 Å². The van der Waals surface area contributed by atoms with Crippen LogP contribution in [0, 0.1) is 0 Å². The molecule has 5 rings (SSSR count). The van der Waals surface area contributed by atoms with Gasteiger partial charge in [0.2, 0.25) is 0 Å². The number of anilines is 2. The van der Waals surface area contributed by atoms with Crippen molar-refractivity contribution in [2.45, 2.75) is 26.3 Å². The number of pyridine rings is 2. The van der Waals surface area contributed by atoms with Crippen LogP contribution in [-0.4, -0.2) is 26.6 Å². The predicted octanol–water partition coefficient (Wildman–Crippen LogP) is 5.11. The van der Waals surface area contributed by atoms with Gasteiger partial charge in [-0.05, 0) is 48.7 Å². The molecule has 2 N–H and O–H groups in total. The summed E-state index contributed by atoms with van der Waals surface area (Å²) >= 11 is 0. The summed E-state index contributed by atoms with van der Waals surface area (Å²) in [5.41, 5.74) is 3.87. The zero-order valence-corrected chi connectivity index (χ0v) is 19.4. The van der Waals surface area contributed by atoms with Gasteiger partial charge in [-0.15, -0.1) is 0 Å². The quantitative estimate of drug-likeness (QED) is 0.374. The second-order valence-corrected chi connectivity index (χ2v) is 8.14. The molecule has 0 saturated carbocycles. The zero-order valence-electron chi connectivity index (χ0n) is 19.4. The third kappa shape index (κ3) is 3.75. The van der Waals surface area contributed by atoms with E-state index in [-0.39, 0.29) is 11.6 Å². The van der Waals surface area contributed by atoms with Crippen molar-refractivity contribution in [2.24, 2.45) is 0 Å². The number of fused-ring (bicyclic) bond motifs is 2. The molecule has 0 saturated heterocycles. The number of aryl methyl sites for hydroxylation is 1. The van der Waals surface area contributed by atoms with Gasteiger partial charge in [-0.25, -0.2) is 9.97 Å². The SMILES string of the molecule is CCc1nc(N[C@@H](C)c2cc3cccc(NC)c3c(=O)n2-c2ccccc2)c2ncccc2n1. The smallest absolute Gasteiger partial charge is 0.265 e. The van der Waals surface area contributed by atoms with Crippen molar-refractivity contribution < 1.29 is 0 Å². The van der Waals surface area contributed by atoms with E-state index in [4.69, 9.17) is 4.98 Å². The van der Waals surface area contributed by atoms with Gasteiger partial charge in [0.1, 0.15) is 11.3 Å². The molecule has 0 bridgehead atoms. The Morgan fingerprint density at radius 3 is 2.59 bits per heavy atom. The first-order valence-corrected chi connectivity index (χ1v) is 11.4. The van der Waals surface area contributed by atoms with Crippen LogP contribution < -0.4 is 16.2 Å². The summed E-state index contributed by atoms with van der Waals surface area (Å²) < 4.78 is 1.78. The molecule has 0 spiro atoms. The van der Waals surface area contributed by atoms with Crippen molar-refractivity contribution in [2.75, 3.05) is 17.7 Å². The second-order valence-electron chi connectivity index (χ2n) is 8.14. The Kier molecular flexibility index (Phi) is 5.67. The van der Waals surface area contributed by atoms with Gasteiger partial charge in [0.15, 0.2) is 5.82 Å². The molecular weight excluding hydrogens is 424 g/mol. The maximum Gasteiger partial charge on any atom is 0.265 e. The van der Waals surface area contributed by atoms with Crippen LogP contribution in [0.2, 0.25) is 0 Å². The van der Waals surface area contributed by atoms with E-state index in [1.165, 1.54) is 0 Å². The molecule has 0 aliphatic heterocycles. The maximum absolute atomic E-state index is 13.9. The molecule has 0 radical (unpaired) electrons. The van der Waals surface area contributed by atoms with Crippen LogP contribution >= 0.6 is 0 Å². The number of hydrogen-bond donors (Lipinski definition) is 2. The average molecular weight is 451 g/mol. The highest BCUT2D eigenvalue weighted by Crippen LogP contribution is 2.28. The highest BCUT2D eigenvalue weighted by molar-refractivity contribution is 5.94. The highest BCUT2D eigenvalue weighted by atomic mass is 16.1. The van der Waals surface area contributed by atoms with Gasteiger partial charge < -0.3 is 10.6 Å². The molecule has 1 atom stereocenters. The van der Waals surface area contributed by atoms with Crippen LogP contribution in [0.3, 0.4) is 0 Å². The van der Waals surface area contributed by atoms with E-state index in [0.29, 0.717) is 23.1 Å². The molecule has 5 aromatic rings. The normalized spacial score (nSPS) is 12.1. The Balaban J connectivity index is 1.71. The Morgan fingerprint density at radius 2 is 1.82 bits per heavy atom. The number of benzene rings is 2. The van der Waals surface area contributed by atoms with Gasteiger partial charge >= 0.3 is 0 Å². The molecule has 3 heterocycles. The molecule has 0 unspecified atom stereocenters. The molecule has 0 aliphatic carbocycles. The minimum atomic E-state index is -0.236. The lowest BCUT2D eigenvalue weighted by Gasteiger charge is -2.22. The highest BCUT2D eigenvalue weighted by Gasteiger charge is 2.19. The summed E-state index contributed by atoms with van der Waals surface area (Å²) in [6.07, 6.45) is 2.45. The lowest BCUT2D eigenvalue weighted by Crippen LogP contribution is -2.26. The summed E-state index contributed by atoms with van der Waals surface area (Å²) in [6, 6.07) is 21.2. The fraction of sp³-hybridized carbons (Fsp3) is 0.185. The monoisotopic (exact) mass is 450 g/mol. The van der Waals surface area contributed by atoms with Crippen LogP contribution in [0.4, 0.5) is 11.5 Å². The minimum absolute atomic E-state index is 0.0720. The fourth-order valence-corrected chi connectivity index (χ4v) is 4.31. The Hall–Kier alpha value is -4.26. The molecule has 7 heteroatoms.